The highest BCUT2D eigenvalue weighted by Gasteiger charge is 2.45. The molecule has 0 aromatic heterocycles. The first-order chi connectivity index (χ1) is 12.6. The molecule has 3 rings (SSSR count). The highest BCUT2D eigenvalue weighted by Crippen LogP contribution is 2.45. The van der Waals surface area contributed by atoms with Crippen LogP contribution in [0.4, 0.5) is 4.79 Å². The van der Waals surface area contributed by atoms with E-state index in [9.17, 15) is 9.90 Å². The number of ether oxygens (including phenoxy) is 1. The number of rotatable bonds is 8. The van der Waals surface area contributed by atoms with Gasteiger partial charge in [0.2, 0.25) is 0 Å². The van der Waals surface area contributed by atoms with Gasteiger partial charge in [0.1, 0.15) is 11.4 Å². The van der Waals surface area contributed by atoms with Crippen LogP contribution in [0, 0.1) is 5.92 Å². The number of hydrogen-bond acceptors (Lipinski definition) is 3. The summed E-state index contributed by atoms with van der Waals surface area (Å²) < 4.78 is 5.13. The minimum atomic E-state index is -0.991. The van der Waals surface area contributed by atoms with Crippen molar-refractivity contribution < 1.29 is 14.6 Å². The van der Waals surface area contributed by atoms with E-state index < -0.39 is 5.60 Å². The Morgan fingerprint density at radius 3 is 2.42 bits per heavy atom. The van der Waals surface area contributed by atoms with Gasteiger partial charge in [-0.05, 0) is 48.4 Å². The molecule has 5 heteroatoms. The van der Waals surface area contributed by atoms with Crippen molar-refractivity contribution in [2.45, 2.75) is 24.9 Å². The van der Waals surface area contributed by atoms with Crippen LogP contribution in [0.2, 0.25) is 0 Å². The van der Waals surface area contributed by atoms with Crippen LogP contribution < -0.4 is 15.4 Å². The lowest BCUT2D eigenvalue weighted by atomic mass is 9.89. The van der Waals surface area contributed by atoms with E-state index in [0.29, 0.717) is 6.54 Å². The van der Waals surface area contributed by atoms with Crippen molar-refractivity contribution in [2.24, 2.45) is 5.92 Å². The Kier molecular flexibility index (Phi) is 5.78. The van der Waals surface area contributed by atoms with Gasteiger partial charge in [0.15, 0.2) is 0 Å². The average Bonchev–Trinajstić information content (AvgIpc) is 3.53. The van der Waals surface area contributed by atoms with Gasteiger partial charge in [0, 0.05) is 6.54 Å². The first-order valence-corrected chi connectivity index (χ1v) is 9.04. The van der Waals surface area contributed by atoms with E-state index in [1.54, 1.807) is 7.11 Å². The predicted molar refractivity (Wildman–Crippen MR) is 101 cm³/mol. The zero-order valence-electron chi connectivity index (χ0n) is 15.1. The molecule has 2 amide bonds. The second kappa shape index (κ2) is 8.23. The summed E-state index contributed by atoms with van der Waals surface area (Å²) in [5, 5.41) is 16.7. The third kappa shape index (κ3) is 4.55. The first kappa shape index (κ1) is 18.3. The van der Waals surface area contributed by atoms with E-state index in [-0.39, 0.29) is 18.5 Å². The summed E-state index contributed by atoms with van der Waals surface area (Å²) in [6.07, 6.45) is 2.72. The van der Waals surface area contributed by atoms with E-state index in [2.05, 4.69) is 10.6 Å². The zero-order chi connectivity index (χ0) is 18.4. The van der Waals surface area contributed by atoms with E-state index in [0.717, 1.165) is 36.1 Å². The molecule has 0 bridgehead atoms. The van der Waals surface area contributed by atoms with Crippen LogP contribution >= 0.6 is 0 Å². The minimum absolute atomic E-state index is 0.212. The Bertz CT molecular complexity index is 714. The fourth-order valence-electron chi connectivity index (χ4n) is 3.16. The van der Waals surface area contributed by atoms with E-state index in [1.165, 1.54) is 0 Å². The van der Waals surface area contributed by atoms with Crippen LogP contribution in [0.3, 0.4) is 0 Å². The molecule has 0 aliphatic heterocycles. The highest BCUT2D eigenvalue weighted by molar-refractivity contribution is 5.74. The van der Waals surface area contributed by atoms with Crippen molar-refractivity contribution in [3.8, 4) is 5.75 Å². The summed E-state index contributed by atoms with van der Waals surface area (Å²) in [5.74, 6) is 1.03. The summed E-state index contributed by atoms with van der Waals surface area (Å²) >= 11 is 0. The third-order valence-electron chi connectivity index (χ3n) is 4.90. The van der Waals surface area contributed by atoms with Crippen molar-refractivity contribution in [3.05, 3.63) is 65.7 Å². The van der Waals surface area contributed by atoms with Crippen molar-refractivity contribution in [1.29, 1.82) is 0 Å². The van der Waals surface area contributed by atoms with Crippen LogP contribution in [0.5, 0.6) is 5.75 Å². The van der Waals surface area contributed by atoms with Crippen LogP contribution in [-0.2, 0) is 12.0 Å². The summed E-state index contributed by atoms with van der Waals surface area (Å²) in [5.41, 5.74) is 1.00. The highest BCUT2D eigenvalue weighted by atomic mass is 16.5. The topological polar surface area (TPSA) is 70.6 Å². The third-order valence-corrected chi connectivity index (χ3v) is 4.90. The number of nitrogens with one attached hydrogen (secondary N) is 2. The molecule has 0 spiro atoms. The lowest BCUT2D eigenvalue weighted by Crippen LogP contribution is -2.46. The molecule has 138 valence electrons. The number of hydrogen-bond donors (Lipinski definition) is 3. The summed E-state index contributed by atoms with van der Waals surface area (Å²) in [4.78, 5) is 12.1. The molecule has 0 saturated heterocycles. The standard InChI is InChI=1S/C21H26N2O3/c1-26-19-11-7-16(8-12-19)13-14-22-20(24)23-15-21(25,18-9-10-18)17-5-3-2-4-6-17/h2-8,11-12,18,25H,9-10,13-15H2,1H3,(H2,22,23,24). The second-order valence-electron chi connectivity index (χ2n) is 6.77. The average molecular weight is 354 g/mol. The smallest absolute Gasteiger partial charge is 0.314 e. The molecular weight excluding hydrogens is 328 g/mol. The van der Waals surface area contributed by atoms with Crippen LogP contribution in [-0.4, -0.2) is 31.3 Å². The Hall–Kier alpha value is -2.53. The van der Waals surface area contributed by atoms with Gasteiger partial charge < -0.3 is 20.5 Å². The maximum Gasteiger partial charge on any atom is 0.314 e. The molecule has 26 heavy (non-hydrogen) atoms. The van der Waals surface area contributed by atoms with Gasteiger partial charge in [-0.1, -0.05) is 42.5 Å². The van der Waals surface area contributed by atoms with Gasteiger partial charge in [-0.25, -0.2) is 4.79 Å². The van der Waals surface area contributed by atoms with Gasteiger partial charge in [0.25, 0.3) is 0 Å². The van der Waals surface area contributed by atoms with Gasteiger partial charge >= 0.3 is 6.03 Å². The molecule has 1 unspecified atom stereocenters. The SMILES string of the molecule is COc1ccc(CCNC(=O)NCC(O)(c2ccccc2)C2CC2)cc1. The maximum atomic E-state index is 12.1. The zero-order valence-corrected chi connectivity index (χ0v) is 15.1. The quantitative estimate of drug-likeness (QED) is 0.683. The number of benzene rings is 2. The summed E-state index contributed by atoms with van der Waals surface area (Å²) in [6, 6.07) is 17.1. The van der Waals surface area contributed by atoms with Crippen molar-refractivity contribution >= 4 is 6.03 Å². The first-order valence-electron chi connectivity index (χ1n) is 9.04. The molecular formula is C21H26N2O3. The second-order valence-corrected chi connectivity index (χ2v) is 6.77. The molecule has 1 saturated carbocycles. The van der Waals surface area contributed by atoms with Crippen molar-refractivity contribution in [2.75, 3.05) is 20.2 Å². The maximum absolute atomic E-state index is 12.1. The lowest BCUT2D eigenvalue weighted by Gasteiger charge is -2.29. The Morgan fingerprint density at radius 1 is 1.12 bits per heavy atom. The van der Waals surface area contributed by atoms with Crippen LogP contribution in [0.15, 0.2) is 54.6 Å². The fraction of sp³-hybridized carbons (Fsp3) is 0.381. The van der Waals surface area contributed by atoms with E-state index in [1.807, 2.05) is 54.6 Å². The Morgan fingerprint density at radius 2 is 1.81 bits per heavy atom. The van der Waals surface area contributed by atoms with Gasteiger partial charge in [-0.3, -0.25) is 0 Å². The van der Waals surface area contributed by atoms with Gasteiger partial charge in [0.05, 0.1) is 13.7 Å². The summed E-state index contributed by atoms with van der Waals surface area (Å²) in [6.45, 7) is 0.751. The van der Waals surface area contributed by atoms with Crippen molar-refractivity contribution in [1.82, 2.24) is 10.6 Å². The van der Waals surface area contributed by atoms with Crippen LogP contribution in [0.25, 0.3) is 0 Å². The predicted octanol–water partition coefficient (Wildman–Crippen LogP) is 2.83. The summed E-state index contributed by atoms with van der Waals surface area (Å²) in [7, 11) is 1.64. The van der Waals surface area contributed by atoms with Gasteiger partial charge in [-0.2, -0.15) is 0 Å². The monoisotopic (exact) mass is 354 g/mol. The number of urea groups is 1. The van der Waals surface area contributed by atoms with E-state index in [4.69, 9.17) is 4.74 Å². The molecule has 1 fully saturated rings. The van der Waals surface area contributed by atoms with Crippen LogP contribution in [0.1, 0.15) is 24.0 Å². The number of methoxy groups -OCH3 is 1. The number of aliphatic hydroxyl groups is 1. The normalized spacial score (nSPS) is 15.8. The molecule has 3 N–H and O–H groups in total. The molecule has 5 nitrogen and oxygen atoms in total. The Labute approximate surface area is 154 Å². The largest absolute Gasteiger partial charge is 0.497 e. The number of carbonyl (C=O) groups excluding carboxylic acids is 1. The van der Waals surface area contributed by atoms with E-state index >= 15 is 0 Å². The molecule has 2 aromatic carbocycles. The van der Waals surface area contributed by atoms with Gasteiger partial charge in [-0.15, -0.1) is 0 Å². The Balaban J connectivity index is 1.46. The molecule has 1 aliphatic carbocycles. The number of amides is 2. The molecule has 1 aliphatic rings. The lowest BCUT2D eigenvalue weighted by molar-refractivity contribution is 0.0160. The molecule has 2 aromatic rings. The van der Waals surface area contributed by atoms with Crippen molar-refractivity contribution in [3.63, 3.8) is 0 Å². The fourth-order valence-corrected chi connectivity index (χ4v) is 3.16. The molecule has 0 heterocycles. The number of carbonyl (C=O) groups is 1. The molecule has 0 radical (unpaired) electrons. The minimum Gasteiger partial charge on any atom is -0.497 e. The molecule has 1 atom stereocenters.